The molecule has 3 aromatic carbocycles. The summed E-state index contributed by atoms with van der Waals surface area (Å²) in [5.74, 6) is -2.27. The number of carbonyl (C=O) groups is 4. The molecule has 10 N–H and O–H groups in total. The molecule has 3 unspecified atom stereocenters. The number of halogens is 9. The van der Waals surface area contributed by atoms with Crippen LogP contribution in [0.15, 0.2) is 73.2 Å². The van der Waals surface area contributed by atoms with Crippen molar-refractivity contribution in [3.05, 3.63) is 136 Å². The number of benzene rings is 3. The summed E-state index contributed by atoms with van der Waals surface area (Å²) in [5.41, 5.74) is 14.6. The molecule has 0 spiro atoms. The number of thiazole rings is 3. The third-order valence-corrected chi connectivity index (χ3v) is 14.9. The molecule has 3 aromatic heterocycles. The zero-order valence-corrected chi connectivity index (χ0v) is 45.2. The Kier molecular flexibility index (Phi) is 21.4. The van der Waals surface area contributed by atoms with Crippen LogP contribution in [0.1, 0.15) is 121 Å². The maximum absolute atomic E-state index is 13.3. The molecular weight excluding hydrogens is 1130 g/mol. The quantitative estimate of drug-likeness (QED) is 0.0532. The normalized spacial score (nSPS) is 15.3. The maximum Gasteiger partial charge on any atom is 0.416 e. The van der Waals surface area contributed by atoms with Crippen LogP contribution in [0.4, 0.5) is 56.6 Å². The lowest BCUT2D eigenvalue weighted by Crippen LogP contribution is -2.40. The highest BCUT2D eigenvalue weighted by Gasteiger charge is 2.35. The Balaban J connectivity index is 0.000000195. The van der Waals surface area contributed by atoms with Crippen molar-refractivity contribution >= 4 is 74.7 Å². The molecular formula is C50H54F9N11O7S3. The fraction of sp³-hybridized carbons (Fsp3) is 0.380. The Morgan fingerprint density at radius 3 is 1.26 bits per heavy atom. The van der Waals surface area contributed by atoms with Gasteiger partial charge in [0.25, 0.3) is 23.6 Å². The van der Waals surface area contributed by atoms with Crippen LogP contribution in [0.5, 0.6) is 0 Å². The molecule has 2 saturated heterocycles. The molecule has 0 radical (unpaired) electrons. The number of hydrogen-bond donors (Lipinski definition) is 7. The fourth-order valence-corrected chi connectivity index (χ4v) is 9.68. The van der Waals surface area contributed by atoms with Crippen LogP contribution < -0.4 is 33.2 Å². The van der Waals surface area contributed by atoms with E-state index in [0.717, 1.165) is 70.4 Å². The van der Waals surface area contributed by atoms with Crippen molar-refractivity contribution in [2.75, 3.05) is 68.6 Å². The predicted octanol–water partition coefficient (Wildman–Crippen LogP) is 9.10. The molecule has 0 aliphatic carbocycles. The second-order valence-corrected chi connectivity index (χ2v) is 21.2. The Labute approximate surface area is 463 Å². The van der Waals surface area contributed by atoms with Crippen molar-refractivity contribution in [2.24, 2.45) is 17.2 Å². The van der Waals surface area contributed by atoms with Crippen LogP contribution in [0, 0.1) is 0 Å². The van der Waals surface area contributed by atoms with E-state index >= 15 is 0 Å². The first-order valence-corrected chi connectivity index (χ1v) is 26.5. The summed E-state index contributed by atoms with van der Waals surface area (Å²) >= 11 is 3.24. The van der Waals surface area contributed by atoms with E-state index < -0.39 is 65.5 Å². The Bertz CT molecular complexity index is 3100. The molecule has 5 heterocycles. The van der Waals surface area contributed by atoms with Gasteiger partial charge in [-0.05, 0) is 86.5 Å². The summed E-state index contributed by atoms with van der Waals surface area (Å²) in [5, 5.41) is 18.1. The third kappa shape index (κ3) is 18.0. The molecule has 2 aliphatic heterocycles. The van der Waals surface area contributed by atoms with Gasteiger partial charge in [-0.3, -0.25) is 24.1 Å². The fourth-order valence-electron chi connectivity index (χ4n) is 7.38. The van der Waals surface area contributed by atoms with Gasteiger partial charge in [0.1, 0.15) is 29.7 Å². The van der Waals surface area contributed by atoms with Crippen molar-refractivity contribution < 1.29 is 73.3 Å². The highest BCUT2D eigenvalue weighted by molar-refractivity contribution is 7.14. The van der Waals surface area contributed by atoms with Gasteiger partial charge >= 0.3 is 18.5 Å². The Hall–Kier alpha value is -6.48. The number of amides is 4. The highest BCUT2D eigenvalue weighted by atomic mass is 32.1. The Morgan fingerprint density at radius 1 is 0.550 bits per heavy atom. The molecule has 80 heavy (non-hydrogen) atoms. The summed E-state index contributed by atoms with van der Waals surface area (Å²) in [6.07, 6.45) is -9.75. The van der Waals surface area contributed by atoms with Crippen molar-refractivity contribution in [3.63, 3.8) is 0 Å². The van der Waals surface area contributed by atoms with Gasteiger partial charge in [0.15, 0.2) is 0 Å². The number of hydrogen-bond acceptors (Lipinski definition) is 17. The summed E-state index contributed by atoms with van der Waals surface area (Å²) in [4.78, 5) is 65.8. The van der Waals surface area contributed by atoms with E-state index in [1.54, 1.807) is 26.8 Å². The second-order valence-electron chi connectivity index (χ2n) is 18.0. The highest BCUT2D eigenvalue weighted by Crippen LogP contribution is 2.36. The minimum absolute atomic E-state index is 0.0513. The van der Waals surface area contributed by atoms with Crippen LogP contribution in [0.3, 0.4) is 0 Å². The number of aromatic nitrogens is 3. The lowest BCUT2D eigenvalue weighted by molar-refractivity contribution is -0.138. The van der Waals surface area contributed by atoms with Crippen molar-refractivity contribution in [2.45, 2.75) is 70.6 Å². The van der Waals surface area contributed by atoms with E-state index in [0.29, 0.717) is 71.5 Å². The average molecular weight is 1190 g/mol. The lowest BCUT2D eigenvalue weighted by atomic mass is 10.1. The van der Waals surface area contributed by atoms with Crippen LogP contribution >= 0.6 is 34.0 Å². The maximum atomic E-state index is 13.3. The van der Waals surface area contributed by atoms with E-state index in [2.05, 4.69) is 30.9 Å². The number of rotatable bonds is 13. The van der Waals surface area contributed by atoms with Gasteiger partial charge in [-0.1, -0.05) is 0 Å². The number of nitrogens with one attached hydrogen (secondary N) is 3. The molecule has 4 amide bonds. The number of alkyl halides is 9. The molecule has 2 fully saturated rings. The topological polar surface area (TPSA) is 266 Å². The van der Waals surface area contributed by atoms with Crippen molar-refractivity contribution in [1.29, 1.82) is 0 Å². The molecule has 30 heteroatoms. The second kappa shape index (κ2) is 27.3. The number of ether oxygens (including phenoxy) is 2. The SMILES string of the molecule is CC(N)c1ncc(C(=O)Nc2cc(C(=O)N3CCOCC3)cc(C(F)(F)F)c2)s1.CC(N)c1ncc(C(=O)Nc2cc(CN3CCOCC3)cc(C(F)(F)F)c2)s1.CC(N)c1ncc(C(=O)Nc2cc(CO)cc(C(F)(F)F)c2)s1. The number of anilines is 3. The first-order valence-electron chi connectivity index (χ1n) is 24.1. The van der Waals surface area contributed by atoms with Crippen molar-refractivity contribution in [3.8, 4) is 0 Å². The average Bonchev–Trinajstić information content (AvgIpc) is 4.22. The lowest BCUT2D eigenvalue weighted by Gasteiger charge is -2.27. The minimum atomic E-state index is -4.67. The standard InChI is InChI=1S/C18H19F3N4O3S.C18H21F3N4O2S.C14H14F3N3O2S/c1-10(22)16-23-9-14(29-16)15(26)24-13-7-11(6-12(8-13)18(19,20)21)17(27)25-2-4-28-5-3-25;1-11(22)17-23-9-15(28-17)16(26)24-14-7-12(6-13(8-14)18(19,20)21)10-25-2-4-27-5-3-25;1-7(18)13-19-5-11(23-13)12(22)20-10-3-8(6-21)2-9(4-10)14(15,16)17/h6-10H,2-5,22H2,1H3,(H,24,26);6-9,11H,2-5,10,22H2,1H3,(H,24,26);2-5,7,21H,6,18H2,1H3,(H,20,22). The third-order valence-electron chi connectivity index (χ3n) is 11.3. The van der Waals surface area contributed by atoms with E-state index in [4.69, 9.17) is 31.8 Å². The van der Waals surface area contributed by atoms with E-state index in [1.807, 2.05) is 4.90 Å². The van der Waals surface area contributed by atoms with Gasteiger partial charge in [0, 0.05) is 55.3 Å². The predicted molar refractivity (Wildman–Crippen MR) is 281 cm³/mol. The smallest absolute Gasteiger partial charge is 0.392 e. The van der Waals surface area contributed by atoms with E-state index in [1.165, 1.54) is 35.6 Å². The van der Waals surface area contributed by atoms with Crippen molar-refractivity contribution in [1.82, 2.24) is 24.8 Å². The summed E-state index contributed by atoms with van der Waals surface area (Å²) in [7, 11) is 0. The van der Waals surface area contributed by atoms with Gasteiger partial charge in [0.2, 0.25) is 0 Å². The van der Waals surface area contributed by atoms with Gasteiger partial charge in [-0.2, -0.15) is 39.5 Å². The number of morpholine rings is 2. The van der Waals surface area contributed by atoms with E-state index in [9.17, 15) is 58.7 Å². The first-order chi connectivity index (χ1) is 37.6. The van der Waals surface area contributed by atoms with E-state index in [-0.39, 0.29) is 69.2 Å². The molecule has 18 nitrogen and oxygen atoms in total. The van der Waals surface area contributed by atoms with Crippen LogP contribution in [0.25, 0.3) is 0 Å². The summed E-state index contributed by atoms with van der Waals surface area (Å²) in [6, 6.07) is 8.33. The van der Waals surface area contributed by atoms with Gasteiger partial charge < -0.3 is 52.6 Å². The number of aliphatic hydroxyl groups excluding tert-OH is 1. The first kappa shape index (κ1) is 62.7. The molecule has 0 bridgehead atoms. The number of nitrogens with two attached hydrogens (primary N) is 3. The molecule has 0 saturated carbocycles. The van der Waals surface area contributed by atoms with Crippen LogP contribution in [-0.4, -0.2) is 106 Å². The van der Waals surface area contributed by atoms with Crippen LogP contribution in [-0.2, 0) is 41.2 Å². The molecule has 6 aromatic rings. The molecule has 2 aliphatic rings. The van der Waals surface area contributed by atoms with Gasteiger partial charge in [0.05, 0.1) is 86.4 Å². The number of carbonyl (C=O) groups excluding carboxylic acids is 4. The molecule has 432 valence electrons. The number of nitrogens with zero attached hydrogens (tertiary/aromatic N) is 5. The largest absolute Gasteiger partial charge is 0.416 e. The molecule has 3 atom stereocenters. The zero-order valence-electron chi connectivity index (χ0n) is 42.7. The summed E-state index contributed by atoms with van der Waals surface area (Å²) in [6.45, 7) is 8.57. The number of aliphatic hydroxyl groups is 1. The van der Waals surface area contributed by atoms with Crippen LogP contribution in [0.2, 0.25) is 0 Å². The zero-order chi connectivity index (χ0) is 58.7. The van der Waals surface area contributed by atoms with Gasteiger partial charge in [-0.25, -0.2) is 15.0 Å². The summed E-state index contributed by atoms with van der Waals surface area (Å²) < 4.78 is 129. The van der Waals surface area contributed by atoms with Gasteiger partial charge in [-0.15, -0.1) is 34.0 Å². The monoisotopic (exact) mass is 1190 g/mol. The minimum Gasteiger partial charge on any atom is -0.392 e. The Morgan fingerprint density at radius 2 is 0.900 bits per heavy atom. The molecule has 8 rings (SSSR count).